The molecule has 1 aliphatic rings. The lowest BCUT2D eigenvalue weighted by atomic mass is 9.92. The van der Waals surface area contributed by atoms with E-state index in [1.54, 1.807) is 0 Å². The molecular formula is C13H20O2. The van der Waals surface area contributed by atoms with Gasteiger partial charge in [0.15, 0.2) is 0 Å². The molecule has 0 radical (unpaired) electrons. The van der Waals surface area contributed by atoms with E-state index in [0.717, 1.165) is 24.7 Å². The van der Waals surface area contributed by atoms with Crippen molar-refractivity contribution in [3.05, 3.63) is 24.0 Å². The summed E-state index contributed by atoms with van der Waals surface area (Å²) in [7, 11) is 0. The fraction of sp³-hybridized carbons (Fsp3) is 0.615. The van der Waals surface area contributed by atoms with Gasteiger partial charge in [0.25, 0.3) is 0 Å². The summed E-state index contributed by atoms with van der Waals surface area (Å²) in [5.74, 6) is 1.77. The smallest absolute Gasteiger partial charge is 0.307 e. The number of rotatable bonds is 4. The van der Waals surface area contributed by atoms with Crippen LogP contribution in [-0.4, -0.2) is 5.97 Å². The highest BCUT2D eigenvalue weighted by Gasteiger charge is 2.20. The molecule has 1 unspecified atom stereocenters. The fourth-order valence-electron chi connectivity index (χ4n) is 1.97. The van der Waals surface area contributed by atoms with Crippen molar-refractivity contribution < 1.29 is 9.53 Å². The van der Waals surface area contributed by atoms with Crippen LogP contribution in [0, 0.1) is 11.8 Å². The predicted octanol–water partition coefficient (Wildman–Crippen LogP) is 3.45. The molecule has 1 atom stereocenters. The molecule has 0 heterocycles. The van der Waals surface area contributed by atoms with E-state index in [2.05, 4.69) is 26.5 Å². The normalized spacial score (nSPS) is 20.3. The molecule has 0 saturated carbocycles. The van der Waals surface area contributed by atoms with Gasteiger partial charge in [0.1, 0.15) is 5.76 Å². The summed E-state index contributed by atoms with van der Waals surface area (Å²) in [4.78, 5) is 10.7. The van der Waals surface area contributed by atoms with Crippen LogP contribution in [0.2, 0.25) is 0 Å². The van der Waals surface area contributed by atoms with Crippen LogP contribution in [0.3, 0.4) is 0 Å². The zero-order valence-corrected chi connectivity index (χ0v) is 9.88. The zero-order chi connectivity index (χ0) is 11.4. The van der Waals surface area contributed by atoms with Crippen molar-refractivity contribution in [3.63, 3.8) is 0 Å². The summed E-state index contributed by atoms with van der Waals surface area (Å²) in [6.07, 6.45) is 5.25. The van der Waals surface area contributed by atoms with Gasteiger partial charge in [-0.15, -0.1) is 0 Å². The first kappa shape index (κ1) is 12.0. The van der Waals surface area contributed by atoms with Crippen molar-refractivity contribution in [3.8, 4) is 0 Å². The molecule has 84 valence electrons. The second-order valence-corrected chi connectivity index (χ2v) is 4.62. The van der Waals surface area contributed by atoms with Crippen molar-refractivity contribution in [1.29, 1.82) is 0 Å². The van der Waals surface area contributed by atoms with E-state index in [1.165, 1.54) is 12.5 Å². The Balaban J connectivity index is 2.36. The number of ether oxygens (including phenoxy) is 1. The lowest BCUT2D eigenvalue weighted by Gasteiger charge is -2.14. The minimum Gasteiger partial charge on any atom is -0.432 e. The Morgan fingerprint density at radius 1 is 1.67 bits per heavy atom. The van der Waals surface area contributed by atoms with Gasteiger partial charge in [0.05, 0.1) is 0 Å². The number of esters is 1. The first-order valence-corrected chi connectivity index (χ1v) is 5.53. The third kappa shape index (κ3) is 3.90. The third-order valence-electron chi connectivity index (χ3n) is 2.89. The van der Waals surface area contributed by atoms with Crippen LogP contribution in [-0.2, 0) is 9.53 Å². The van der Waals surface area contributed by atoms with Gasteiger partial charge in [-0.25, -0.2) is 0 Å². The molecule has 0 aromatic rings. The van der Waals surface area contributed by atoms with Gasteiger partial charge in [0.2, 0.25) is 0 Å². The number of hydrogen-bond acceptors (Lipinski definition) is 2. The highest BCUT2D eigenvalue weighted by molar-refractivity contribution is 5.67. The molecule has 0 aromatic carbocycles. The summed E-state index contributed by atoms with van der Waals surface area (Å²) in [5.41, 5.74) is 1.36. The predicted molar refractivity (Wildman–Crippen MR) is 61.2 cm³/mol. The molecule has 15 heavy (non-hydrogen) atoms. The van der Waals surface area contributed by atoms with Crippen molar-refractivity contribution in [1.82, 2.24) is 0 Å². The van der Waals surface area contributed by atoms with E-state index in [-0.39, 0.29) is 5.97 Å². The standard InChI is InChI=1S/C13H20O2/c1-9(2)13-6-5-12(8-13)7-10(3)15-11(4)14/h5,9,13H,3,6-8H2,1-2,4H3. The minimum atomic E-state index is -0.279. The highest BCUT2D eigenvalue weighted by atomic mass is 16.5. The average Bonchev–Trinajstić information content (AvgIpc) is 2.50. The highest BCUT2D eigenvalue weighted by Crippen LogP contribution is 2.33. The molecule has 0 bridgehead atoms. The number of allylic oxidation sites excluding steroid dienone is 2. The lowest BCUT2D eigenvalue weighted by Crippen LogP contribution is -2.04. The van der Waals surface area contributed by atoms with Gasteiger partial charge in [-0.2, -0.15) is 0 Å². The molecule has 1 aliphatic carbocycles. The molecule has 0 saturated heterocycles. The van der Waals surface area contributed by atoms with Crippen LogP contribution in [0.25, 0.3) is 0 Å². The van der Waals surface area contributed by atoms with Gasteiger partial charge >= 0.3 is 5.97 Å². The molecule has 2 nitrogen and oxygen atoms in total. The quantitative estimate of drug-likeness (QED) is 0.402. The first-order valence-electron chi connectivity index (χ1n) is 5.53. The Morgan fingerprint density at radius 3 is 2.80 bits per heavy atom. The molecule has 0 amide bonds. The summed E-state index contributed by atoms with van der Waals surface area (Å²) < 4.78 is 4.93. The van der Waals surface area contributed by atoms with E-state index in [9.17, 15) is 4.79 Å². The van der Waals surface area contributed by atoms with Crippen LogP contribution >= 0.6 is 0 Å². The van der Waals surface area contributed by atoms with E-state index in [1.807, 2.05) is 0 Å². The molecule has 0 N–H and O–H groups in total. The summed E-state index contributed by atoms with van der Waals surface area (Å²) in [5, 5.41) is 0. The zero-order valence-electron chi connectivity index (χ0n) is 9.88. The Kier molecular flexibility index (Phi) is 4.13. The van der Waals surface area contributed by atoms with E-state index in [4.69, 9.17) is 4.74 Å². The monoisotopic (exact) mass is 208 g/mol. The minimum absolute atomic E-state index is 0.279. The van der Waals surface area contributed by atoms with Crippen LogP contribution in [0.15, 0.2) is 24.0 Å². The molecule has 1 rings (SSSR count). The van der Waals surface area contributed by atoms with Crippen LogP contribution in [0.1, 0.15) is 40.0 Å². The maximum Gasteiger partial charge on any atom is 0.307 e. The van der Waals surface area contributed by atoms with Crippen LogP contribution in [0.5, 0.6) is 0 Å². The number of carbonyl (C=O) groups is 1. The number of hydrogen-bond donors (Lipinski definition) is 0. The lowest BCUT2D eigenvalue weighted by molar-refractivity contribution is -0.136. The summed E-state index contributed by atoms with van der Waals surface area (Å²) in [6, 6.07) is 0. The van der Waals surface area contributed by atoms with E-state index >= 15 is 0 Å². The fourth-order valence-corrected chi connectivity index (χ4v) is 1.97. The van der Waals surface area contributed by atoms with E-state index in [0.29, 0.717) is 12.2 Å². The van der Waals surface area contributed by atoms with Gasteiger partial charge < -0.3 is 4.74 Å². The number of carbonyl (C=O) groups excluding carboxylic acids is 1. The molecule has 0 aromatic heterocycles. The van der Waals surface area contributed by atoms with Crippen molar-refractivity contribution in [2.75, 3.05) is 0 Å². The van der Waals surface area contributed by atoms with E-state index < -0.39 is 0 Å². The van der Waals surface area contributed by atoms with Crippen LogP contribution in [0.4, 0.5) is 0 Å². The maximum atomic E-state index is 10.7. The molecule has 0 spiro atoms. The topological polar surface area (TPSA) is 26.3 Å². The maximum absolute atomic E-state index is 10.7. The molecule has 2 heteroatoms. The van der Waals surface area contributed by atoms with Crippen molar-refractivity contribution in [2.45, 2.75) is 40.0 Å². The SMILES string of the molecule is C=C(CC1=CCC(C(C)C)C1)OC(C)=O. The Hall–Kier alpha value is -1.05. The van der Waals surface area contributed by atoms with Gasteiger partial charge in [-0.05, 0) is 24.7 Å². The van der Waals surface area contributed by atoms with Crippen molar-refractivity contribution >= 4 is 5.97 Å². The first-order chi connectivity index (χ1) is 6.99. The molecule has 0 aliphatic heterocycles. The summed E-state index contributed by atoms with van der Waals surface area (Å²) in [6.45, 7) is 9.66. The summed E-state index contributed by atoms with van der Waals surface area (Å²) >= 11 is 0. The largest absolute Gasteiger partial charge is 0.432 e. The molecular weight excluding hydrogens is 188 g/mol. The second-order valence-electron chi connectivity index (χ2n) is 4.62. The van der Waals surface area contributed by atoms with Crippen molar-refractivity contribution in [2.24, 2.45) is 11.8 Å². The van der Waals surface area contributed by atoms with Gasteiger partial charge in [-0.3, -0.25) is 4.79 Å². The van der Waals surface area contributed by atoms with Crippen LogP contribution < -0.4 is 0 Å². The Labute approximate surface area is 92.0 Å². The third-order valence-corrected chi connectivity index (χ3v) is 2.89. The van der Waals surface area contributed by atoms with Gasteiger partial charge in [-0.1, -0.05) is 32.1 Å². The second kappa shape index (κ2) is 5.15. The molecule has 0 fully saturated rings. The Morgan fingerprint density at radius 2 is 2.33 bits per heavy atom. The average molecular weight is 208 g/mol. The Bertz CT molecular complexity index is 287. The van der Waals surface area contributed by atoms with Gasteiger partial charge in [0, 0.05) is 13.3 Å².